The molecule has 0 N–H and O–H groups in total. The Bertz CT molecular complexity index is 1080. The van der Waals surface area contributed by atoms with Gasteiger partial charge in [0.1, 0.15) is 6.04 Å². The van der Waals surface area contributed by atoms with Crippen molar-refractivity contribution in [3.63, 3.8) is 0 Å². The maximum atomic E-state index is 13.4. The lowest BCUT2D eigenvalue weighted by Crippen LogP contribution is -2.48. The summed E-state index contributed by atoms with van der Waals surface area (Å²) in [6.07, 6.45) is 2.09. The molecule has 4 rings (SSSR count). The number of para-hydroxylation sites is 1. The summed E-state index contributed by atoms with van der Waals surface area (Å²) in [4.78, 5) is 30.1. The molecule has 0 fully saturated rings. The Balaban J connectivity index is 1.88. The van der Waals surface area contributed by atoms with Gasteiger partial charge in [-0.3, -0.25) is 9.59 Å². The van der Waals surface area contributed by atoms with Crippen molar-refractivity contribution in [3.8, 4) is 0 Å². The van der Waals surface area contributed by atoms with Gasteiger partial charge in [0.25, 0.3) is 5.91 Å². The van der Waals surface area contributed by atoms with E-state index in [2.05, 4.69) is 22.9 Å². The number of nitrogens with zero attached hydrogens (tertiary/aromatic N) is 3. The van der Waals surface area contributed by atoms with Gasteiger partial charge in [0, 0.05) is 48.4 Å². The van der Waals surface area contributed by atoms with E-state index < -0.39 is 6.04 Å². The zero-order valence-corrected chi connectivity index (χ0v) is 17.4. The topological polar surface area (TPSA) is 45.6 Å². The first kappa shape index (κ1) is 19.2. The molecule has 1 aliphatic rings. The van der Waals surface area contributed by atoms with E-state index in [-0.39, 0.29) is 17.9 Å². The number of carbonyl (C=O) groups excluding carboxylic acids is 2. The Morgan fingerprint density at radius 2 is 1.69 bits per heavy atom. The van der Waals surface area contributed by atoms with Crippen molar-refractivity contribution in [1.82, 2.24) is 14.4 Å². The summed E-state index contributed by atoms with van der Waals surface area (Å²) in [5.74, 6) is -0.0899. The van der Waals surface area contributed by atoms with Gasteiger partial charge in [-0.25, -0.2) is 0 Å². The van der Waals surface area contributed by atoms with Gasteiger partial charge in [-0.2, -0.15) is 0 Å². The summed E-state index contributed by atoms with van der Waals surface area (Å²) in [5, 5.41) is 1.11. The van der Waals surface area contributed by atoms with Crippen molar-refractivity contribution >= 4 is 22.7 Å². The van der Waals surface area contributed by atoms with E-state index >= 15 is 0 Å². The molecule has 1 aromatic heterocycles. The number of likely N-dealkylation sites (N-methyl/N-ethyl adjacent to an activating group) is 1. The summed E-state index contributed by atoms with van der Waals surface area (Å²) in [6.45, 7) is 7.05. The van der Waals surface area contributed by atoms with Crippen LogP contribution in [0.4, 0.5) is 0 Å². The maximum Gasteiger partial charge on any atom is 0.255 e. The predicted molar refractivity (Wildman–Crippen MR) is 115 cm³/mol. The average Bonchev–Trinajstić information content (AvgIpc) is 3.23. The van der Waals surface area contributed by atoms with E-state index in [0.717, 1.165) is 22.0 Å². The molecule has 0 aliphatic carbocycles. The number of aryl methyl sites for hydroxylation is 1. The van der Waals surface area contributed by atoms with Crippen LogP contribution in [-0.4, -0.2) is 45.3 Å². The van der Waals surface area contributed by atoms with Crippen LogP contribution in [0.2, 0.25) is 0 Å². The fourth-order valence-electron chi connectivity index (χ4n) is 4.56. The van der Waals surface area contributed by atoms with Crippen molar-refractivity contribution in [1.29, 1.82) is 0 Å². The van der Waals surface area contributed by atoms with Crippen LogP contribution < -0.4 is 0 Å². The number of carbonyl (C=O) groups is 2. The highest BCUT2D eigenvalue weighted by Crippen LogP contribution is 2.42. The van der Waals surface area contributed by atoms with Crippen LogP contribution in [0.5, 0.6) is 0 Å². The second-order valence-corrected chi connectivity index (χ2v) is 7.60. The Labute approximate surface area is 171 Å². The average molecular weight is 389 g/mol. The molecule has 3 aromatic rings. The smallest absolute Gasteiger partial charge is 0.255 e. The normalized spacial score (nSPS) is 16.9. The van der Waals surface area contributed by atoms with Crippen molar-refractivity contribution in [2.45, 2.75) is 32.9 Å². The molecular weight excluding hydrogens is 362 g/mol. The minimum atomic E-state index is -0.543. The van der Waals surface area contributed by atoms with Gasteiger partial charge in [0.15, 0.2) is 0 Å². The summed E-state index contributed by atoms with van der Waals surface area (Å²) in [6, 6.07) is 15.1. The fraction of sp³-hybridized carbons (Fsp3) is 0.333. The molecule has 0 spiro atoms. The van der Waals surface area contributed by atoms with Gasteiger partial charge in [-0.05, 0) is 38.5 Å². The van der Waals surface area contributed by atoms with Crippen LogP contribution in [0, 0.1) is 0 Å². The molecule has 2 unspecified atom stereocenters. The Hall–Kier alpha value is -3.08. The van der Waals surface area contributed by atoms with Gasteiger partial charge < -0.3 is 14.4 Å². The molecular formula is C24H27N3O2. The highest BCUT2D eigenvalue weighted by Gasteiger charge is 2.43. The lowest BCUT2D eigenvalue weighted by Gasteiger charge is -2.33. The van der Waals surface area contributed by atoms with E-state index in [1.54, 1.807) is 9.80 Å². The second kappa shape index (κ2) is 7.39. The van der Waals surface area contributed by atoms with E-state index in [4.69, 9.17) is 0 Å². The van der Waals surface area contributed by atoms with Crippen LogP contribution >= 0.6 is 0 Å². The number of fused-ring (bicyclic) bond motifs is 2. The molecule has 150 valence electrons. The highest BCUT2D eigenvalue weighted by atomic mass is 16.2. The molecule has 2 heterocycles. The molecule has 2 atom stereocenters. The van der Waals surface area contributed by atoms with Gasteiger partial charge in [0.05, 0.1) is 6.04 Å². The number of rotatable bonds is 5. The first-order chi connectivity index (χ1) is 14.0. The third kappa shape index (κ3) is 2.92. The first-order valence-electron chi connectivity index (χ1n) is 10.2. The summed E-state index contributed by atoms with van der Waals surface area (Å²) in [5.41, 5.74) is 3.82. The Morgan fingerprint density at radius 3 is 2.41 bits per heavy atom. The van der Waals surface area contributed by atoms with E-state index in [1.165, 1.54) is 0 Å². The number of hydrogen-bond acceptors (Lipinski definition) is 2. The predicted octanol–water partition coefficient (Wildman–Crippen LogP) is 3.98. The van der Waals surface area contributed by atoms with Crippen LogP contribution in [-0.2, 0) is 11.8 Å². The van der Waals surface area contributed by atoms with Gasteiger partial charge in [-0.15, -0.1) is 0 Å². The number of aromatic nitrogens is 1. The lowest BCUT2D eigenvalue weighted by atomic mass is 9.97. The standard InChI is InChI=1S/C24H27N3O2/c1-5-26(6-2)23(28)16(3)27-22(18-12-7-8-13-19(18)24(27)29)20-15-25(4)21-14-10-9-11-17(20)21/h7-16,22H,5-6H2,1-4H3. The molecule has 0 saturated heterocycles. The van der Waals surface area contributed by atoms with E-state index in [0.29, 0.717) is 18.7 Å². The molecule has 0 bridgehead atoms. The van der Waals surface area contributed by atoms with Crippen molar-refractivity contribution in [2.75, 3.05) is 13.1 Å². The molecule has 5 heteroatoms. The summed E-state index contributed by atoms with van der Waals surface area (Å²) < 4.78 is 2.09. The van der Waals surface area contributed by atoms with E-state index in [9.17, 15) is 9.59 Å². The number of hydrogen-bond donors (Lipinski definition) is 0. The van der Waals surface area contributed by atoms with Crippen LogP contribution in [0.1, 0.15) is 48.3 Å². The van der Waals surface area contributed by atoms with Gasteiger partial charge in [0.2, 0.25) is 5.91 Å². The van der Waals surface area contributed by atoms with Crippen LogP contribution in [0.25, 0.3) is 10.9 Å². The maximum absolute atomic E-state index is 13.4. The molecule has 2 amide bonds. The third-order valence-corrected chi connectivity index (χ3v) is 6.07. The quantitative estimate of drug-likeness (QED) is 0.663. The summed E-state index contributed by atoms with van der Waals surface area (Å²) in [7, 11) is 2.02. The monoisotopic (exact) mass is 389 g/mol. The molecule has 5 nitrogen and oxygen atoms in total. The largest absolute Gasteiger partial charge is 0.350 e. The minimum Gasteiger partial charge on any atom is -0.350 e. The van der Waals surface area contributed by atoms with Crippen LogP contribution in [0.3, 0.4) is 0 Å². The zero-order chi connectivity index (χ0) is 20.7. The molecule has 1 aliphatic heterocycles. The molecule has 29 heavy (non-hydrogen) atoms. The van der Waals surface area contributed by atoms with Crippen molar-refractivity contribution < 1.29 is 9.59 Å². The van der Waals surface area contributed by atoms with Gasteiger partial charge in [-0.1, -0.05) is 36.4 Å². The third-order valence-electron chi connectivity index (χ3n) is 6.07. The molecule has 2 aromatic carbocycles. The van der Waals surface area contributed by atoms with Gasteiger partial charge >= 0.3 is 0 Å². The van der Waals surface area contributed by atoms with Crippen LogP contribution in [0.15, 0.2) is 54.7 Å². The lowest BCUT2D eigenvalue weighted by molar-refractivity contribution is -0.135. The SMILES string of the molecule is CCN(CC)C(=O)C(C)N1C(=O)c2ccccc2C1c1cn(C)c2ccccc12. The first-order valence-corrected chi connectivity index (χ1v) is 10.2. The number of amides is 2. The number of benzene rings is 2. The zero-order valence-electron chi connectivity index (χ0n) is 17.4. The summed E-state index contributed by atoms with van der Waals surface area (Å²) >= 11 is 0. The Morgan fingerprint density at radius 1 is 1.03 bits per heavy atom. The van der Waals surface area contributed by atoms with Crippen molar-refractivity contribution in [2.24, 2.45) is 7.05 Å². The second-order valence-electron chi connectivity index (χ2n) is 7.60. The minimum absolute atomic E-state index is 0.0126. The fourth-order valence-corrected chi connectivity index (χ4v) is 4.56. The highest BCUT2D eigenvalue weighted by molar-refractivity contribution is 6.03. The Kier molecular flexibility index (Phi) is 4.91. The molecule has 0 saturated carbocycles. The van der Waals surface area contributed by atoms with E-state index in [1.807, 2.05) is 64.2 Å². The van der Waals surface area contributed by atoms with Crippen molar-refractivity contribution in [3.05, 3.63) is 71.4 Å². The molecule has 0 radical (unpaired) electrons.